The van der Waals surface area contributed by atoms with Crippen molar-refractivity contribution in [2.45, 2.75) is 38.5 Å². The highest BCUT2D eigenvalue weighted by atomic mass is 16.5. The van der Waals surface area contributed by atoms with Crippen molar-refractivity contribution < 1.29 is 9.84 Å². The molecule has 1 aliphatic carbocycles. The van der Waals surface area contributed by atoms with Crippen molar-refractivity contribution in [3.05, 3.63) is 0 Å². The van der Waals surface area contributed by atoms with Gasteiger partial charge < -0.3 is 9.84 Å². The Morgan fingerprint density at radius 1 is 1.07 bits per heavy atom. The summed E-state index contributed by atoms with van der Waals surface area (Å²) in [5, 5.41) is 9.10. The number of aliphatic hydroxyl groups excluding tert-OH is 1. The van der Waals surface area contributed by atoms with E-state index in [0.29, 0.717) is 6.61 Å². The molecule has 1 saturated heterocycles. The van der Waals surface area contributed by atoms with E-state index < -0.39 is 0 Å². The van der Waals surface area contributed by atoms with Crippen LogP contribution in [0.15, 0.2) is 0 Å². The molecule has 0 aromatic carbocycles. The average molecular weight is 198 g/mol. The van der Waals surface area contributed by atoms with Crippen LogP contribution in [0.2, 0.25) is 0 Å². The third kappa shape index (κ3) is 2.29. The lowest BCUT2D eigenvalue weighted by Gasteiger charge is -2.40. The monoisotopic (exact) mass is 198 g/mol. The summed E-state index contributed by atoms with van der Waals surface area (Å²) in [4.78, 5) is 0. The van der Waals surface area contributed by atoms with Crippen LogP contribution in [0.1, 0.15) is 38.5 Å². The van der Waals surface area contributed by atoms with Crippen molar-refractivity contribution in [3.63, 3.8) is 0 Å². The Morgan fingerprint density at radius 2 is 1.71 bits per heavy atom. The van der Waals surface area contributed by atoms with Crippen molar-refractivity contribution >= 4 is 0 Å². The van der Waals surface area contributed by atoms with Crippen LogP contribution in [-0.2, 0) is 4.74 Å². The van der Waals surface area contributed by atoms with E-state index in [0.717, 1.165) is 37.4 Å². The summed E-state index contributed by atoms with van der Waals surface area (Å²) in [5.74, 6) is 2.55. The van der Waals surface area contributed by atoms with Gasteiger partial charge in [0.25, 0.3) is 0 Å². The van der Waals surface area contributed by atoms with Crippen LogP contribution >= 0.6 is 0 Å². The summed E-state index contributed by atoms with van der Waals surface area (Å²) >= 11 is 0. The van der Waals surface area contributed by atoms with Crippen LogP contribution in [0.4, 0.5) is 0 Å². The molecule has 0 aromatic heterocycles. The van der Waals surface area contributed by atoms with Crippen LogP contribution < -0.4 is 0 Å². The lowest BCUT2D eigenvalue weighted by molar-refractivity contribution is 0.0133. The van der Waals surface area contributed by atoms with Gasteiger partial charge in [-0.2, -0.15) is 0 Å². The van der Waals surface area contributed by atoms with Gasteiger partial charge in [-0.25, -0.2) is 0 Å². The minimum absolute atomic E-state index is 0.374. The summed E-state index contributed by atoms with van der Waals surface area (Å²) in [7, 11) is 0. The van der Waals surface area contributed by atoms with Gasteiger partial charge in [-0.05, 0) is 37.0 Å². The minimum atomic E-state index is 0.374. The van der Waals surface area contributed by atoms with Gasteiger partial charge in [0, 0.05) is 19.8 Å². The van der Waals surface area contributed by atoms with Gasteiger partial charge in [-0.3, -0.25) is 0 Å². The molecule has 2 heteroatoms. The zero-order valence-electron chi connectivity index (χ0n) is 8.95. The zero-order chi connectivity index (χ0) is 9.80. The summed E-state index contributed by atoms with van der Waals surface area (Å²) in [6, 6.07) is 0. The molecule has 0 bridgehead atoms. The summed E-state index contributed by atoms with van der Waals surface area (Å²) in [6.07, 6.45) is 7.69. The molecule has 2 nitrogen and oxygen atoms in total. The molecular formula is C12H22O2. The van der Waals surface area contributed by atoms with Crippen molar-refractivity contribution in [3.8, 4) is 0 Å². The molecule has 0 spiro atoms. The molecule has 2 aliphatic rings. The van der Waals surface area contributed by atoms with Gasteiger partial charge in [0.2, 0.25) is 0 Å². The molecular weight excluding hydrogens is 176 g/mol. The lowest BCUT2D eigenvalue weighted by Crippen LogP contribution is -2.32. The lowest BCUT2D eigenvalue weighted by atomic mass is 9.67. The highest BCUT2D eigenvalue weighted by Crippen LogP contribution is 2.41. The van der Waals surface area contributed by atoms with E-state index in [-0.39, 0.29) is 0 Å². The maximum atomic E-state index is 9.10. The van der Waals surface area contributed by atoms with E-state index >= 15 is 0 Å². The molecule has 1 unspecified atom stereocenters. The van der Waals surface area contributed by atoms with Crippen LogP contribution in [0.3, 0.4) is 0 Å². The van der Waals surface area contributed by atoms with Crippen molar-refractivity contribution in [1.82, 2.24) is 0 Å². The summed E-state index contributed by atoms with van der Waals surface area (Å²) in [6.45, 7) is 2.26. The van der Waals surface area contributed by atoms with Gasteiger partial charge >= 0.3 is 0 Å². The third-order valence-electron chi connectivity index (χ3n) is 4.09. The fourth-order valence-electron chi connectivity index (χ4n) is 3.02. The number of rotatable bonds is 4. The van der Waals surface area contributed by atoms with Crippen molar-refractivity contribution in [2.75, 3.05) is 19.8 Å². The largest absolute Gasteiger partial charge is 0.396 e. The fraction of sp³-hybridized carbons (Fsp3) is 1.00. The molecule has 1 saturated carbocycles. The normalized spacial score (nSPS) is 27.2. The van der Waals surface area contributed by atoms with E-state index in [1.807, 2.05) is 0 Å². The SMILES string of the molecule is OCCC(C1CCC1)C1CCOCC1. The Kier molecular flexibility index (Phi) is 3.82. The highest BCUT2D eigenvalue weighted by molar-refractivity contribution is 4.83. The Balaban J connectivity index is 1.86. The summed E-state index contributed by atoms with van der Waals surface area (Å²) < 4.78 is 5.40. The van der Waals surface area contributed by atoms with Gasteiger partial charge in [-0.1, -0.05) is 19.3 Å². The first-order valence-electron chi connectivity index (χ1n) is 6.10. The Bertz CT molecular complexity index is 160. The molecule has 0 amide bonds. The van der Waals surface area contributed by atoms with Crippen molar-refractivity contribution in [2.24, 2.45) is 17.8 Å². The molecule has 0 aromatic rings. The zero-order valence-corrected chi connectivity index (χ0v) is 8.95. The van der Waals surface area contributed by atoms with E-state index in [1.165, 1.54) is 32.1 Å². The number of hydrogen-bond acceptors (Lipinski definition) is 2. The van der Waals surface area contributed by atoms with Crippen molar-refractivity contribution in [1.29, 1.82) is 0 Å². The highest BCUT2D eigenvalue weighted by Gasteiger charge is 2.33. The first kappa shape index (κ1) is 10.4. The van der Waals surface area contributed by atoms with E-state index in [4.69, 9.17) is 9.84 Å². The van der Waals surface area contributed by atoms with Crippen LogP contribution in [-0.4, -0.2) is 24.9 Å². The van der Waals surface area contributed by atoms with Crippen LogP contribution in [0.25, 0.3) is 0 Å². The van der Waals surface area contributed by atoms with Gasteiger partial charge in [0.1, 0.15) is 0 Å². The van der Waals surface area contributed by atoms with E-state index in [2.05, 4.69) is 0 Å². The van der Waals surface area contributed by atoms with Crippen LogP contribution in [0, 0.1) is 17.8 Å². The second kappa shape index (κ2) is 5.13. The molecule has 14 heavy (non-hydrogen) atoms. The first-order valence-corrected chi connectivity index (χ1v) is 6.10. The molecule has 2 fully saturated rings. The number of aliphatic hydroxyl groups is 1. The Labute approximate surface area is 86.6 Å². The van der Waals surface area contributed by atoms with Gasteiger partial charge in [0.15, 0.2) is 0 Å². The molecule has 1 aliphatic heterocycles. The number of hydrogen-bond donors (Lipinski definition) is 1. The molecule has 2 rings (SSSR count). The van der Waals surface area contributed by atoms with Gasteiger partial charge in [0.05, 0.1) is 0 Å². The Morgan fingerprint density at radius 3 is 2.21 bits per heavy atom. The predicted molar refractivity (Wildman–Crippen MR) is 56.1 cm³/mol. The van der Waals surface area contributed by atoms with E-state index in [9.17, 15) is 0 Å². The Hall–Kier alpha value is -0.0800. The minimum Gasteiger partial charge on any atom is -0.396 e. The molecule has 1 heterocycles. The molecule has 82 valence electrons. The maximum Gasteiger partial charge on any atom is 0.0468 e. The fourth-order valence-corrected chi connectivity index (χ4v) is 3.02. The predicted octanol–water partition coefficient (Wildman–Crippen LogP) is 2.21. The standard InChI is InChI=1S/C12H22O2/c13-7-4-12(10-2-1-3-10)11-5-8-14-9-6-11/h10-13H,1-9H2. The average Bonchev–Trinajstić information content (AvgIpc) is 2.16. The second-order valence-corrected chi connectivity index (χ2v) is 4.82. The first-order chi connectivity index (χ1) is 6.92. The smallest absolute Gasteiger partial charge is 0.0468 e. The topological polar surface area (TPSA) is 29.5 Å². The second-order valence-electron chi connectivity index (χ2n) is 4.82. The molecule has 1 atom stereocenters. The van der Waals surface area contributed by atoms with Gasteiger partial charge in [-0.15, -0.1) is 0 Å². The van der Waals surface area contributed by atoms with E-state index in [1.54, 1.807) is 0 Å². The van der Waals surface area contributed by atoms with Crippen LogP contribution in [0.5, 0.6) is 0 Å². The molecule has 0 radical (unpaired) electrons. The summed E-state index contributed by atoms with van der Waals surface area (Å²) in [5.41, 5.74) is 0. The third-order valence-corrected chi connectivity index (χ3v) is 4.09. The quantitative estimate of drug-likeness (QED) is 0.750. The molecule has 1 N–H and O–H groups in total. The maximum absolute atomic E-state index is 9.10. The number of ether oxygens (including phenoxy) is 1.